The lowest BCUT2D eigenvalue weighted by Crippen LogP contribution is -2.46. The number of nitrogens with two attached hydrogens (primary N) is 1. The van der Waals surface area contributed by atoms with Crippen LogP contribution in [0.25, 0.3) is 0 Å². The Morgan fingerprint density at radius 2 is 2.16 bits per heavy atom. The molecule has 0 aliphatic carbocycles. The van der Waals surface area contributed by atoms with E-state index in [0.29, 0.717) is 25.3 Å². The van der Waals surface area contributed by atoms with Gasteiger partial charge in [0.15, 0.2) is 0 Å². The number of amides is 1. The van der Waals surface area contributed by atoms with Gasteiger partial charge in [-0.15, -0.1) is 0 Å². The largest absolute Gasteiger partial charge is 0.372 e. The van der Waals surface area contributed by atoms with Gasteiger partial charge in [0, 0.05) is 11.1 Å². The molecule has 1 heterocycles. The first-order valence-electron chi connectivity index (χ1n) is 6.80. The number of rotatable bonds is 5. The van der Waals surface area contributed by atoms with Crippen LogP contribution >= 0.6 is 0 Å². The second-order valence-electron chi connectivity index (χ2n) is 5.38. The van der Waals surface area contributed by atoms with Crippen LogP contribution in [-0.4, -0.2) is 18.0 Å². The topological polar surface area (TPSA) is 64.3 Å². The molecule has 1 aliphatic rings. The number of hydrogen-bond donors (Lipinski definition) is 2. The summed E-state index contributed by atoms with van der Waals surface area (Å²) in [4.78, 5) is 12.3. The third-order valence-corrected chi connectivity index (χ3v) is 3.88. The zero-order chi connectivity index (χ0) is 13.9. The van der Waals surface area contributed by atoms with Crippen LogP contribution in [0.3, 0.4) is 0 Å². The number of nitrogens with one attached hydrogen (secondary N) is 1. The Morgan fingerprint density at radius 3 is 2.84 bits per heavy atom. The van der Waals surface area contributed by atoms with Crippen LogP contribution in [0, 0.1) is 0 Å². The van der Waals surface area contributed by atoms with Gasteiger partial charge >= 0.3 is 0 Å². The monoisotopic (exact) mass is 262 g/mol. The zero-order valence-corrected chi connectivity index (χ0v) is 11.7. The van der Waals surface area contributed by atoms with Crippen molar-refractivity contribution in [2.45, 2.75) is 45.4 Å². The summed E-state index contributed by atoms with van der Waals surface area (Å²) >= 11 is 0. The van der Waals surface area contributed by atoms with Crippen LogP contribution in [0.5, 0.6) is 0 Å². The highest BCUT2D eigenvalue weighted by Crippen LogP contribution is 2.21. The molecule has 19 heavy (non-hydrogen) atoms. The summed E-state index contributed by atoms with van der Waals surface area (Å²) in [7, 11) is 0. The van der Waals surface area contributed by atoms with Gasteiger partial charge in [-0.25, -0.2) is 0 Å². The average molecular weight is 262 g/mol. The summed E-state index contributed by atoms with van der Waals surface area (Å²) in [5.74, 6) is -0.0347. The van der Waals surface area contributed by atoms with E-state index in [2.05, 4.69) is 12.2 Å². The van der Waals surface area contributed by atoms with Gasteiger partial charge in [-0.05, 0) is 49.6 Å². The molecule has 0 fully saturated rings. The first-order valence-corrected chi connectivity index (χ1v) is 6.80. The van der Waals surface area contributed by atoms with Crippen LogP contribution in [0.4, 0.5) is 0 Å². The minimum absolute atomic E-state index is 0.0347. The molecular weight excluding hydrogens is 240 g/mol. The van der Waals surface area contributed by atoms with Crippen LogP contribution in [0.1, 0.15) is 48.2 Å². The molecule has 1 aromatic rings. The molecule has 1 aliphatic heterocycles. The van der Waals surface area contributed by atoms with E-state index >= 15 is 0 Å². The maximum Gasteiger partial charge on any atom is 0.251 e. The predicted molar refractivity (Wildman–Crippen MR) is 74.8 cm³/mol. The summed E-state index contributed by atoms with van der Waals surface area (Å²) in [6.07, 6.45) is 1.65. The van der Waals surface area contributed by atoms with Crippen molar-refractivity contribution in [1.82, 2.24) is 5.32 Å². The van der Waals surface area contributed by atoms with Gasteiger partial charge in [0.1, 0.15) is 0 Å². The number of hydrogen-bond acceptors (Lipinski definition) is 3. The quantitative estimate of drug-likeness (QED) is 0.852. The van der Waals surface area contributed by atoms with E-state index in [-0.39, 0.29) is 11.4 Å². The second-order valence-corrected chi connectivity index (χ2v) is 5.38. The molecule has 0 spiro atoms. The molecule has 2 rings (SSSR count). The first-order chi connectivity index (χ1) is 9.08. The van der Waals surface area contributed by atoms with Crippen molar-refractivity contribution in [3.05, 3.63) is 34.9 Å². The fourth-order valence-electron chi connectivity index (χ4n) is 2.31. The summed E-state index contributed by atoms with van der Waals surface area (Å²) in [6, 6.07) is 5.76. The lowest BCUT2D eigenvalue weighted by molar-refractivity contribution is 0.0899. The number of fused-ring (bicyclic) bond motifs is 1. The van der Waals surface area contributed by atoms with Gasteiger partial charge < -0.3 is 15.8 Å². The lowest BCUT2D eigenvalue weighted by Gasteiger charge is -2.29. The van der Waals surface area contributed by atoms with Gasteiger partial charge in [0.2, 0.25) is 0 Å². The van der Waals surface area contributed by atoms with Crippen molar-refractivity contribution in [2.75, 3.05) is 6.54 Å². The van der Waals surface area contributed by atoms with Gasteiger partial charge in [-0.3, -0.25) is 4.79 Å². The average Bonchev–Trinajstić information content (AvgIpc) is 2.86. The van der Waals surface area contributed by atoms with Crippen molar-refractivity contribution >= 4 is 5.91 Å². The van der Waals surface area contributed by atoms with Crippen molar-refractivity contribution < 1.29 is 9.53 Å². The molecule has 104 valence electrons. The van der Waals surface area contributed by atoms with Crippen LogP contribution < -0.4 is 11.1 Å². The van der Waals surface area contributed by atoms with E-state index in [1.807, 2.05) is 25.1 Å². The smallest absolute Gasteiger partial charge is 0.251 e. The Morgan fingerprint density at radius 1 is 1.42 bits per heavy atom. The Bertz CT molecular complexity index is 473. The highest BCUT2D eigenvalue weighted by atomic mass is 16.5. The Kier molecular flexibility index (Phi) is 4.22. The Hall–Kier alpha value is -1.39. The predicted octanol–water partition coefficient (Wildman–Crippen LogP) is 1.96. The minimum Gasteiger partial charge on any atom is -0.372 e. The number of ether oxygens (including phenoxy) is 1. The first kappa shape index (κ1) is 14.0. The maximum atomic E-state index is 12.3. The SMILES string of the molecule is CCC(C)(CCN)NC(=O)c1ccc2c(c1)COC2. The number of benzene rings is 1. The third-order valence-electron chi connectivity index (χ3n) is 3.88. The maximum absolute atomic E-state index is 12.3. The van der Waals surface area contributed by atoms with Crippen molar-refractivity contribution in [2.24, 2.45) is 5.73 Å². The molecule has 0 radical (unpaired) electrons. The molecule has 1 atom stereocenters. The van der Waals surface area contributed by atoms with Gasteiger partial charge in [0.05, 0.1) is 13.2 Å². The molecule has 4 nitrogen and oxygen atoms in total. The van der Waals surface area contributed by atoms with Gasteiger partial charge in [-0.1, -0.05) is 13.0 Å². The highest BCUT2D eigenvalue weighted by Gasteiger charge is 2.24. The summed E-state index contributed by atoms with van der Waals surface area (Å²) in [5, 5.41) is 3.09. The lowest BCUT2D eigenvalue weighted by atomic mass is 9.93. The normalized spacial score (nSPS) is 16.8. The van der Waals surface area contributed by atoms with E-state index in [1.54, 1.807) is 0 Å². The van der Waals surface area contributed by atoms with Gasteiger partial charge in [-0.2, -0.15) is 0 Å². The minimum atomic E-state index is -0.235. The van der Waals surface area contributed by atoms with Crippen molar-refractivity contribution in [3.63, 3.8) is 0 Å². The van der Waals surface area contributed by atoms with E-state index in [9.17, 15) is 4.79 Å². The molecule has 0 saturated carbocycles. The van der Waals surface area contributed by atoms with E-state index in [0.717, 1.165) is 18.4 Å². The number of carbonyl (C=O) groups is 1. The Labute approximate surface area is 114 Å². The fraction of sp³-hybridized carbons (Fsp3) is 0.533. The molecule has 1 unspecified atom stereocenters. The zero-order valence-electron chi connectivity index (χ0n) is 11.7. The van der Waals surface area contributed by atoms with Crippen molar-refractivity contribution in [1.29, 1.82) is 0 Å². The van der Waals surface area contributed by atoms with Crippen molar-refractivity contribution in [3.8, 4) is 0 Å². The summed E-state index contributed by atoms with van der Waals surface area (Å²) in [6.45, 7) is 5.92. The van der Waals surface area contributed by atoms with E-state index in [4.69, 9.17) is 10.5 Å². The van der Waals surface area contributed by atoms with Gasteiger partial charge in [0.25, 0.3) is 5.91 Å². The molecule has 0 aromatic heterocycles. The second kappa shape index (κ2) is 5.72. The molecule has 1 amide bonds. The molecule has 0 saturated heterocycles. The molecule has 0 bridgehead atoms. The standard InChI is InChI=1S/C15H22N2O2/c1-3-15(2,6-7-16)17-14(18)11-4-5-12-9-19-10-13(12)8-11/h4-5,8H,3,6-7,9-10,16H2,1-2H3,(H,17,18). The number of carbonyl (C=O) groups excluding carboxylic acids is 1. The van der Waals surface area contributed by atoms with E-state index < -0.39 is 0 Å². The molecular formula is C15H22N2O2. The van der Waals surface area contributed by atoms with E-state index in [1.165, 1.54) is 5.56 Å². The fourth-order valence-corrected chi connectivity index (χ4v) is 2.31. The highest BCUT2D eigenvalue weighted by molar-refractivity contribution is 5.95. The third kappa shape index (κ3) is 3.14. The van der Waals surface area contributed by atoms with Crippen LogP contribution in [0.2, 0.25) is 0 Å². The molecule has 4 heteroatoms. The Balaban J connectivity index is 2.11. The van der Waals surface area contributed by atoms with Crippen LogP contribution in [-0.2, 0) is 18.0 Å². The molecule has 3 N–H and O–H groups in total. The summed E-state index contributed by atoms with van der Waals surface area (Å²) < 4.78 is 5.36. The van der Waals surface area contributed by atoms with Crippen LogP contribution in [0.15, 0.2) is 18.2 Å². The summed E-state index contributed by atoms with van der Waals surface area (Å²) in [5.41, 5.74) is 8.36. The molecule has 1 aromatic carbocycles.